The molecule has 0 aliphatic heterocycles. The second kappa shape index (κ2) is 3.84. The first-order chi connectivity index (χ1) is 6.37. The van der Waals surface area contributed by atoms with Gasteiger partial charge in [-0.25, -0.2) is 4.39 Å². The average Bonchev–Trinajstić information content (AvgIpc) is 1.97. The number of nitrogens with one attached hydrogen (secondary N) is 1. The summed E-state index contributed by atoms with van der Waals surface area (Å²) in [7, 11) is 0. The van der Waals surface area contributed by atoms with Crippen molar-refractivity contribution in [3.8, 4) is 0 Å². The van der Waals surface area contributed by atoms with Gasteiger partial charge in [-0.2, -0.15) is 0 Å². The molecule has 78 valence electrons. The van der Waals surface area contributed by atoms with Crippen LogP contribution in [0.25, 0.3) is 0 Å². The Bertz CT molecular complexity index is 300. The maximum absolute atomic E-state index is 12.9. The molecule has 0 radical (unpaired) electrons. The molecule has 4 N–H and O–H groups in total. The maximum atomic E-state index is 12.9. The molecule has 4 heteroatoms. The molecule has 1 aromatic rings. The predicted molar refractivity (Wildman–Crippen MR) is 55.6 cm³/mol. The van der Waals surface area contributed by atoms with Crippen molar-refractivity contribution in [1.82, 2.24) is 0 Å². The first-order valence-corrected chi connectivity index (χ1v) is 4.39. The second-order valence-electron chi connectivity index (χ2n) is 3.94. The molecular weight excluding hydrogens is 183 g/mol. The molecular formula is C10H15FN2O. The van der Waals surface area contributed by atoms with Crippen LogP contribution < -0.4 is 11.1 Å². The highest BCUT2D eigenvalue weighted by molar-refractivity contribution is 5.54. The van der Waals surface area contributed by atoms with E-state index in [4.69, 9.17) is 5.73 Å². The van der Waals surface area contributed by atoms with Crippen LogP contribution in [0.2, 0.25) is 0 Å². The molecule has 0 unspecified atom stereocenters. The first kappa shape index (κ1) is 10.8. The molecule has 0 spiro atoms. The van der Waals surface area contributed by atoms with Crippen molar-refractivity contribution in [3.05, 3.63) is 24.0 Å². The van der Waals surface area contributed by atoms with E-state index in [0.717, 1.165) is 0 Å². The van der Waals surface area contributed by atoms with Crippen molar-refractivity contribution < 1.29 is 9.50 Å². The van der Waals surface area contributed by atoms with Crippen molar-refractivity contribution in [2.24, 2.45) is 0 Å². The monoisotopic (exact) mass is 198 g/mol. The van der Waals surface area contributed by atoms with Gasteiger partial charge in [0, 0.05) is 17.9 Å². The molecule has 0 fully saturated rings. The Kier molecular flexibility index (Phi) is 2.96. The lowest BCUT2D eigenvalue weighted by atomic mass is 10.1. The zero-order chi connectivity index (χ0) is 10.8. The molecule has 3 nitrogen and oxygen atoms in total. The minimum Gasteiger partial charge on any atom is -0.399 e. The van der Waals surface area contributed by atoms with Crippen molar-refractivity contribution >= 4 is 11.4 Å². The van der Waals surface area contributed by atoms with E-state index in [-0.39, 0.29) is 5.82 Å². The van der Waals surface area contributed by atoms with Gasteiger partial charge in [-0.15, -0.1) is 0 Å². The third-order valence-corrected chi connectivity index (χ3v) is 1.65. The van der Waals surface area contributed by atoms with Gasteiger partial charge in [0.25, 0.3) is 0 Å². The van der Waals surface area contributed by atoms with Gasteiger partial charge in [-0.05, 0) is 32.0 Å². The zero-order valence-corrected chi connectivity index (χ0v) is 8.34. The molecule has 14 heavy (non-hydrogen) atoms. The van der Waals surface area contributed by atoms with Gasteiger partial charge >= 0.3 is 0 Å². The standard InChI is InChI=1S/C10H15FN2O/c1-10(2,14)6-13-9-4-7(11)3-8(12)5-9/h3-5,13-14H,6,12H2,1-2H3. The molecule has 0 heterocycles. The van der Waals surface area contributed by atoms with E-state index in [1.165, 1.54) is 12.1 Å². The van der Waals surface area contributed by atoms with Crippen LogP contribution in [0.1, 0.15) is 13.8 Å². The number of aliphatic hydroxyl groups is 1. The Morgan fingerprint density at radius 3 is 2.57 bits per heavy atom. The number of anilines is 2. The van der Waals surface area contributed by atoms with Gasteiger partial charge in [0.05, 0.1) is 5.60 Å². The highest BCUT2D eigenvalue weighted by atomic mass is 19.1. The molecule has 0 aromatic heterocycles. The summed E-state index contributed by atoms with van der Waals surface area (Å²) < 4.78 is 12.9. The van der Waals surface area contributed by atoms with Crippen LogP contribution in [0.4, 0.5) is 15.8 Å². The Labute approximate surface area is 82.7 Å². The number of rotatable bonds is 3. The van der Waals surface area contributed by atoms with Gasteiger partial charge in [0.1, 0.15) is 5.82 Å². The molecule has 1 aromatic carbocycles. The van der Waals surface area contributed by atoms with Crippen molar-refractivity contribution in [2.75, 3.05) is 17.6 Å². The highest BCUT2D eigenvalue weighted by Gasteiger charge is 2.11. The molecule has 0 aliphatic carbocycles. The van der Waals surface area contributed by atoms with E-state index < -0.39 is 5.60 Å². The number of benzene rings is 1. The number of halogens is 1. The van der Waals surface area contributed by atoms with E-state index in [1.54, 1.807) is 19.9 Å². The molecule has 0 saturated carbocycles. The summed E-state index contributed by atoms with van der Waals surface area (Å²) in [4.78, 5) is 0. The fourth-order valence-electron chi connectivity index (χ4n) is 1.03. The highest BCUT2D eigenvalue weighted by Crippen LogP contribution is 2.16. The average molecular weight is 198 g/mol. The van der Waals surface area contributed by atoms with Gasteiger partial charge in [-0.1, -0.05) is 0 Å². The summed E-state index contributed by atoms with van der Waals surface area (Å²) in [6.07, 6.45) is 0. The number of hydrogen-bond acceptors (Lipinski definition) is 3. The molecule has 1 rings (SSSR count). The first-order valence-electron chi connectivity index (χ1n) is 4.39. The van der Waals surface area contributed by atoms with E-state index >= 15 is 0 Å². The SMILES string of the molecule is CC(C)(O)CNc1cc(N)cc(F)c1. The second-order valence-corrected chi connectivity index (χ2v) is 3.94. The fourth-order valence-corrected chi connectivity index (χ4v) is 1.03. The molecule has 0 aliphatic rings. The third-order valence-electron chi connectivity index (χ3n) is 1.65. The maximum Gasteiger partial charge on any atom is 0.127 e. The summed E-state index contributed by atoms with van der Waals surface area (Å²) >= 11 is 0. The lowest BCUT2D eigenvalue weighted by Crippen LogP contribution is -2.29. The van der Waals surface area contributed by atoms with Crippen LogP contribution >= 0.6 is 0 Å². The van der Waals surface area contributed by atoms with Crippen LogP contribution in [-0.4, -0.2) is 17.3 Å². The van der Waals surface area contributed by atoms with E-state index in [9.17, 15) is 9.50 Å². The predicted octanol–water partition coefficient (Wildman–Crippen LogP) is 1.59. The van der Waals surface area contributed by atoms with Crippen molar-refractivity contribution in [2.45, 2.75) is 19.4 Å². The van der Waals surface area contributed by atoms with E-state index in [1.807, 2.05) is 0 Å². The molecule has 0 atom stereocenters. The van der Waals surface area contributed by atoms with Gasteiger partial charge in [0.2, 0.25) is 0 Å². The minimum atomic E-state index is -0.832. The van der Waals surface area contributed by atoms with Crippen LogP contribution in [0.3, 0.4) is 0 Å². The largest absolute Gasteiger partial charge is 0.399 e. The van der Waals surface area contributed by atoms with E-state index in [0.29, 0.717) is 17.9 Å². The normalized spacial score (nSPS) is 11.4. The van der Waals surface area contributed by atoms with Gasteiger partial charge in [-0.3, -0.25) is 0 Å². The van der Waals surface area contributed by atoms with Crippen LogP contribution in [0.5, 0.6) is 0 Å². The Hall–Kier alpha value is -1.29. The lowest BCUT2D eigenvalue weighted by Gasteiger charge is -2.18. The smallest absolute Gasteiger partial charge is 0.127 e. The summed E-state index contributed by atoms with van der Waals surface area (Å²) in [5.74, 6) is -0.386. The van der Waals surface area contributed by atoms with Crippen molar-refractivity contribution in [1.29, 1.82) is 0 Å². The fraction of sp³-hybridized carbons (Fsp3) is 0.400. The summed E-state index contributed by atoms with van der Waals surface area (Å²) in [6.45, 7) is 3.68. The van der Waals surface area contributed by atoms with Gasteiger partial charge in [0.15, 0.2) is 0 Å². The minimum absolute atomic E-state index is 0.343. The molecule has 0 amide bonds. The summed E-state index contributed by atoms with van der Waals surface area (Å²) in [5.41, 5.74) is 5.56. The van der Waals surface area contributed by atoms with Crippen molar-refractivity contribution in [3.63, 3.8) is 0 Å². The number of hydrogen-bond donors (Lipinski definition) is 3. The molecule has 0 saturated heterocycles. The quantitative estimate of drug-likeness (QED) is 0.646. The Balaban J connectivity index is 2.68. The zero-order valence-electron chi connectivity index (χ0n) is 8.34. The topological polar surface area (TPSA) is 58.3 Å². The Morgan fingerprint density at radius 2 is 2.07 bits per heavy atom. The number of nitrogen functional groups attached to an aromatic ring is 1. The lowest BCUT2D eigenvalue weighted by molar-refractivity contribution is 0.0945. The Morgan fingerprint density at radius 1 is 1.43 bits per heavy atom. The van der Waals surface area contributed by atoms with Crippen LogP contribution in [0, 0.1) is 5.82 Å². The van der Waals surface area contributed by atoms with E-state index in [2.05, 4.69) is 5.32 Å². The molecule has 0 bridgehead atoms. The summed E-state index contributed by atoms with van der Waals surface area (Å²) in [6, 6.07) is 4.20. The number of nitrogens with two attached hydrogens (primary N) is 1. The van der Waals surface area contributed by atoms with Crippen LogP contribution in [0.15, 0.2) is 18.2 Å². The van der Waals surface area contributed by atoms with Crippen LogP contribution in [-0.2, 0) is 0 Å². The van der Waals surface area contributed by atoms with Gasteiger partial charge < -0.3 is 16.2 Å². The third kappa shape index (κ3) is 3.62. The summed E-state index contributed by atoms with van der Waals surface area (Å²) in [5, 5.41) is 12.3.